The van der Waals surface area contributed by atoms with Gasteiger partial charge in [-0.15, -0.1) is 11.3 Å². The molecule has 1 aromatic rings. The van der Waals surface area contributed by atoms with Crippen LogP contribution in [0.5, 0.6) is 0 Å². The van der Waals surface area contributed by atoms with Crippen molar-refractivity contribution in [3.8, 4) is 0 Å². The maximum Gasteiger partial charge on any atom is 0.183 e. The van der Waals surface area contributed by atoms with Crippen molar-refractivity contribution in [1.29, 1.82) is 0 Å². The predicted octanol–water partition coefficient (Wildman–Crippen LogP) is 3.23. The molecule has 0 amide bonds. The molecule has 0 saturated heterocycles. The predicted molar refractivity (Wildman–Crippen MR) is 57.5 cm³/mol. The molecule has 0 atom stereocenters. The van der Waals surface area contributed by atoms with Crippen LogP contribution in [0.3, 0.4) is 0 Å². The van der Waals surface area contributed by atoms with Gasteiger partial charge in [-0.05, 0) is 25.2 Å². The zero-order valence-electron chi connectivity index (χ0n) is 8.21. The molecule has 1 aromatic heterocycles. The molecule has 0 spiro atoms. The molecule has 1 aliphatic rings. The summed E-state index contributed by atoms with van der Waals surface area (Å²) < 4.78 is 0. The summed E-state index contributed by atoms with van der Waals surface area (Å²) in [7, 11) is 0. The minimum atomic E-state index is 0.549. The van der Waals surface area contributed by atoms with E-state index in [-0.39, 0.29) is 0 Å². The third kappa shape index (κ3) is 2.02. The molecule has 1 saturated carbocycles. The van der Waals surface area contributed by atoms with Gasteiger partial charge in [0, 0.05) is 11.4 Å². The highest BCUT2D eigenvalue weighted by Gasteiger charge is 2.18. The topological polar surface area (TPSA) is 24.9 Å². The highest BCUT2D eigenvalue weighted by molar-refractivity contribution is 7.13. The third-order valence-electron chi connectivity index (χ3n) is 2.55. The van der Waals surface area contributed by atoms with E-state index in [1.54, 1.807) is 11.3 Å². The third-order valence-corrected chi connectivity index (χ3v) is 3.34. The molecule has 13 heavy (non-hydrogen) atoms. The average molecular weight is 196 g/mol. The molecule has 0 aromatic carbocycles. The van der Waals surface area contributed by atoms with Crippen LogP contribution in [-0.4, -0.2) is 11.0 Å². The molecular formula is C10H16N2S. The van der Waals surface area contributed by atoms with E-state index in [0.29, 0.717) is 12.0 Å². The van der Waals surface area contributed by atoms with Gasteiger partial charge in [-0.25, -0.2) is 4.98 Å². The van der Waals surface area contributed by atoms with Gasteiger partial charge in [0.1, 0.15) is 0 Å². The van der Waals surface area contributed by atoms with Crippen molar-refractivity contribution >= 4 is 16.5 Å². The molecule has 0 radical (unpaired) electrons. The summed E-state index contributed by atoms with van der Waals surface area (Å²) >= 11 is 1.73. The van der Waals surface area contributed by atoms with E-state index in [4.69, 9.17) is 0 Å². The molecule has 1 fully saturated rings. The second kappa shape index (κ2) is 3.66. The van der Waals surface area contributed by atoms with Crippen molar-refractivity contribution < 1.29 is 0 Å². The molecule has 0 aliphatic heterocycles. The number of aromatic nitrogens is 1. The summed E-state index contributed by atoms with van der Waals surface area (Å²) in [6.07, 6.45) is 4.01. The van der Waals surface area contributed by atoms with Crippen LogP contribution in [0.4, 0.5) is 5.13 Å². The minimum Gasteiger partial charge on any atom is -0.359 e. The van der Waals surface area contributed by atoms with Gasteiger partial charge >= 0.3 is 0 Å². The Bertz CT molecular complexity index is 276. The molecule has 3 heteroatoms. The Kier molecular flexibility index (Phi) is 2.54. The van der Waals surface area contributed by atoms with Crippen LogP contribution >= 0.6 is 11.3 Å². The first-order valence-electron chi connectivity index (χ1n) is 4.97. The normalized spacial score (nSPS) is 17.5. The van der Waals surface area contributed by atoms with Crippen LogP contribution in [0.15, 0.2) is 5.38 Å². The van der Waals surface area contributed by atoms with Gasteiger partial charge in [-0.3, -0.25) is 0 Å². The van der Waals surface area contributed by atoms with Crippen molar-refractivity contribution in [3.05, 3.63) is 11.1 Å². The smallest absolute Gasteiger partial charge is 0.183 e. The Morgan fingerprint density at radius 3 is 2.77 bits per heavy atom. The largest absolute Gasteiger partial charge is 0.359 e. The summed E-state index contributed by atoms with van der Waals surface area (Å²) in [5.74, 6) is 0.549. The van der Waals surface area contributed by atoms with E-state index in [1.807, 2.05) is 0 Å². The molecule has 72 valence electrons. The van der Waals surface area contributed by atoms with E-state index in [0.717, 1.165) is 5.13 Å². The molecule has 1 N–H and O–H groups in total. The van der Waals surface area contributed by atoms with E-state index < -0.39 is 0 Å². The first-order valence-corrected chi connectivity index (χ1v) is 5.85. The lowest BCUT2D eigenvalue weighted by atomic mass is 9.93. The number of nitrogens with one attached hydrogen (secondary N) is 1. The van der Waals surface area contributed by atoms with Gasteiger partial charge < -0.3 is 5.32 Å². The van der Waals surface area contributed by atoms with Gasteiger partial charge in [0.2, 0.25) is 0 Å². The van der Waals surface area contributed by atoms with Gasteiger partial charge in [0.15, 0.2) is 5.13 Å². The minimum absolute atomic E-state index is 0.549. The highest BCUT2D eigenvalue weighted by atomic mass is 32.1. The summed E-state index contributed by atoms with van der Waals surface area (Å²) in [5, 5.41) is 6.72. The Balaban J connectivity index is 1.96. The van der Waals surface area contributed by atoms with Gasteiger partial charge in [-0.2, -0.15) is 0 Å². The molecule has 0 unspecified atom stereocenters. The fourth-order valence-electron chi connectivity index (χ4n) is 1.34. The summed E-state index contributed by atoms with van der Waals surface area (Å²) in [4.78, 5) is 4.54. The number of nitrogens with zero attached hydrogens (tertiary/aromatic N) is 1. The van der Waals surface area contributed by atoms with Crippen LogP contribution in [0.2, 0.25) is 0 Å². The Hall–Kier alpha value is -0.570. The van der Waals surface area contributed by atoms with Crippen molar-refractivity contribution in [2.24, 2.45) is 0 Å². The zero-order chi connectivity index (χ0) is 9.26. The van der Waals surface area contributed by atoms with Gasteiger partial charge in [0.05, 0.1) is 5.69 Å². The number of thiazole rings is 1. The number of hydrogen-bond acceptors (Lipinski definition) is 3. The Labute approximate surface area is 83.4 Å². The highest BCUT2D eigenvalue weighted by Crippen LogP contribution is 2.26. The summed E-state index contributed by atoms with van der Waals surface area (Å²) in [6.45, 7) is 4.37. The average Bonchev–Trinajstić information content (AvgIpc) is 2.44. The van der Waals surface area contributed by atoms with Crippen LogP contribution in [-0.2, 0) is 0 Å². The van der Waals surface area contributed by atoms with E-state index in [9.17, 15) is 0 Å². The molecule has 1 heterocycles. The second-order valence-corrected chi connectivity index (χ2v) is 4.86. The Morgan fingerprint density at radius 1 is 1.54 bits per heavy atom. The van der Waals surface area contributed by atoms with E-state index in [1.165, 1.54) is 25.0 Å². The van der Waals surface area contributed by atoms with Crippen molar-refractivity contribution in [2.75, 3.05) is 5.32 Å². The van der Waals surface area contributed by atoms with Crippen LogP contribution in [0.25, 0.3) is 0 Å². The zero-order valence-corrected chi connectivity index (χ0v) is 9.03. The lowest BCUT2D eigenvalue weighted by Gasteiger charge is -2.25. The Morgan fingerprint density at radius 2 is 2.31 bits per heavy atom. The van der Waals surface area contributed by atoms with Crippen LogP contribution < -0.4 is 5.32 Å². The maximum absolute atomic E-state index is 4.54. The van der Waals surface area contributed by atoms with E-state index in [2.05, 4.69) is 29.5 Å². The molecule has 2 nitrogen and oxygen atoms in total. The van der Waals surface area contributed by atoms with Gasteiger partial charge in [-0.1, -0.05) is 13.8 Å². The van der Waals surface area contributed by atoms with Gasteiger partial charge in [0.25, 0.3) is 0 Å². The SMILES string of the molecule is CC(C)c1csc(NC2CCC2)n1. The number of hydrogen-bond donors (Lipinski definition) is 1. The maximum atomic E-state index is 4.54. The van der Waals surface area contributed by atoms with Crippen molar-refractivity contribution in [3.63, 3.8) is 0 Å². The molecule has 0 bridgehead atoms. The molecule has 1 aliphatic carbocycles. The first kappa shape index (κ1) is 9.00. The lowest BCUT2D eigenvalue weighted by Crippen LogP contribution is -2.26. The summed E-state index contributed by atoms with van der Waals surface area (Å²) in [6, 6.07) is 0.700. The standard InChI is InChI=1S/C10H16N2S/c1-7(2)9-6-13-10(12-9)11-8-4-3-5-8/h6-8H,3-5H2,1-2H3,(H,11,12). The molecule has 2 rings (SSSR count). The number of anilines is 1. The van der Waals surface area contributed by atoms with Crippen LogP contribution in [0, 0.1) is 0 Å². The quantitative estimate of drug-likeness (QED) is 0.802. The molecular weight excluding hydrogens is 180 g/mol. The first-order chi connectivity index (χ1) is 6.25. The monoisotopic (exact) mass is 196 g/mol. The summed E-state index contributed by atoms with van der Waals surface area (Å²) in [5.41, 5.74) is 1.21. The lowest BCUT2D eigenvalue weighted by molar-refractivity contribution is 0.445. The fraction of sp³-hybridized carbons (Fsp3) is 0.700. The second-order valence-electron chi connectivity index (χ2n) is 4.00. The van der Waals surface area contributed by atoms with E-state index >= 15 is 0 Å². The van der Waals surface area contributed by atoms with Crippen molar-refractivity contribution in [2.45, 2.75) is 45.1 Å². The fourth-order valence-corrected chi connectivity index (χ4v) is 2.29. The van der Waals surface area contributed by atoms with Crippen molar-refractivity contribution in [1.82, 2.24) is 4.98 Å². The van der Waals surface area contributed by atoms with Crippen LogP contribution in [0.1, 0.15) is 44.7 Å². The number of rotatable bonds is 3.